The molecule has 0 aromatic carbocycles. The summed E-state index contributed by atoms with van der Waals surface area (Å²) < 4.78 is 0. The van der Waals surface area contributed by atoms with E-state index in [0.29, 0.717) is 17.3 Å². The maximum absolute atomic E-state index is 12.0. The minimum Gasteiger partial charge on any atom is -0.480 e. The first-order valence-electron chi connectivity index (χ1n) is 7.54. The van der Waals surface area contributed by atoms with Crippen molar-refractivity contribution in [1.29, 1.82) is 0 Å². The molecule has 0 aliphatic heterocycles. The van der Waals surface area contributed by atoms with Crippen LogP contribution in [0, 0.1) is 6.92 Å². The summed E-state index contributed by atoms with van der Waals surface area (Å²) in [6.45, 7) is 4.46. The minimum absolute atomic E-state index is 0.0352. The Morgan fingerprint density at radius 1 is 1.43 bits per heavy atom. The van der Waals surface area contributed by atoms with Crippen LogP contribution >= 0.6 is 11.6 Å². The second-order valence-corrected chi connectivity index (χ2v) is 6.08. The predicted octanol–water partition coefficient (Wildman–Crippen LogP) is 2.10. The molecule has 0 radical (unpaired) electrons. The normalized spacial score (nSPS) is 20.0. The largest absolute Gasteiger partial charge is 0.480 e. The van der Waals surface area contributed by atoms with Gasteiger partial charge in [0.1, 0.15) is 0 Å². The number of nitrogens with one attached hydrogen (secondary N) is 2. The molecule has 2 amide bonds. The summed E-state index contributed by atoms with van der Waals surface area (Å²) >= 11 is 5.97. The van der Waals surface area contributed by atoms with Gasteiger partial charge >= 0.3 is 12.0 Å². The molecule has 23 heavy (non-hydrogen) atoms. The molecule has 2 rings (SSSR count). The van der Waals surface area contributed by atoms with E-state index in [1.807, 2.05) is 18.7 Å². The van der Waals surface area contributed by atoms with E-state index < -0.39 is 5.97 Å². The maximum atomic E-state index is 12.0. The van der Waals surface area contributed by atoms with Crippen molar-refractivity contribution in [2.75, 3.05) is 18.4 Å². The first kappa shape index (κ1) is 17.5. The molecule has 1 aromatic heterocycles. The topological polar surface area (TPSA) is 94.6 Å². The predicted molar refractivity (Wildman–Crippen MR) is 87.8 cm³/mol. The fourth-order valence-electron chi connectivity index (χ4n) is 2.65. The molecule has 0 saturated heterocycles. The zero-order chi connectivity index (χ0) is 17.0. The number of amides is 2. The quantitative estimate of drug-likeness (QED) is 0.737. The van der Waals surface area contributed by atoms with Crippen molar-refractivity contribution in [2.45, 2.75) is 38.8 Å². The van der Waals surface area contributed by atoms with Crippen molar-refractivity contribution in [1.82, 2.24) is 15.2 Å². The molecular weight excluding hydrogens is 320 g/mol. The van der Waals surface area contributed by atoms with Gasteiger partial charge in [-0.3, -0.25) is 14.7 Å². The molecule has 8 heteroatoms. The highest BCUT2D eigenvalue weighted by Crippen LogP contribution is 2.26. The molecule has 1 aliphatic carbocycles. The number of anilines is 1. The number of carbonyl (C=O) groups is 2. The third-order valence-electron chi connectivity index (χ3n) is 4.11. The van der Waals surface area contributed by atoms with Crippen LogP contribution in [0.1, 0.15) is 25.3 Å². The van der Waals surface area contributed by atoms with Crippen molar-refractivity contribution in [3.05, 3.63) is 23.0 Å². The van der Waals surface area contributed by atoms with Crippen LogP contribution in [-0.2, 0) is 4.79 Å². The van der Waals surface area contributed by atoms with Crippen molar-refractivity contribution in [2.24, 2.45) is 0 Å². The van der Waals surface area contributed by atoms with E-state index in [9.17, 15) is 9.59 Å². The molecule has 1 aromatic rings. The summed E-state index contributed by atoms with van der Waals surface area (Å²) in [6, 6.07) is -0.0480. The number of rotatable bonds is 6. The average molecular weight is 341 g/mol. The molecule has 126 valence electrons. The summed E-state index contributed by atoms with van der Waals surface area (Å²) in [7, 11) is 0. The monoisotopic (exact) mass is 340 g/mol. The van der Waals surface area contributed by atoms with E-state index in [-0.39, 0.29) is 24.7 Å². The molecule has 1 saturated carbocycles. The maximum Gasteiger partial charge on any atom is 0.319 e. The van der Waals surface area contributed by atoms with Gasteiger partial charge in [-0.2, -0.15) is 0 Å². The zero-order valence-corrected chi connectivity index (χ0v) is 13.9. The lowest BCUT2D eigenvalue weighted by atomic mass is 9.85. The van der Waals surface area contributed by atoms with Crippen LogP contribution < -0.4 is 10.6 Å². The van der Waals surface area contributed by atoms with E-state index in [0.717, 1.165) is 18.4 Å². The highest BCUT2D eigenvalue weighted by molar-refractivity contribution is 6.31. The van der Waals surface area contributed by atoms with E-state index in [1.54, 1.807) is 6.20 Å². The van der Waals surface area contributed by atoms with Gasteiger partial charge in [0.2, 0.25) is 0 Å². The van der Waals surface area contributed by atoms with Gasteiger partial charge in [0.05, 0.1) is 23.5 Å². The third kappa shape index (κ3) is 4.56. The molecule has 1 fully saturated rings. The average Bonchev–Trinajstić information content (AvgIpc) is 2.45. The summed E-state index contributed by atoms with van der Waals surface area (Å²) in [4.78, 5) is 28.7. The van der Waals surface area contributed by atoms with Gasteiger partial charge < -0.3 is 15.7 Å². The first-order valence-corrected chi connectivity index (χ1v) is 7.92. The van der Waals surface area contributed by atoms with Crippen molar-refractivity contribution in [3.8, 4) is 0 Å². The standard InChI is InChI=1S/C15H21ClN4O3/c1-3-20(8-14(21)22)11-4-10(5-11)18-15(23)19-13-7-17-6-12(16)9(13)2/h6-7,10-11H,3-5,8H2,1-2H3,(H,21,22)(H2,18,19,23). The van der Waals surface area contributed by atoms with Gasteiger partial charge in [-0.15, -0.1) is 0 Å². The van der Waals surface area contributed by atoms with Crippen LogP contribution in [0.2, 0.25) is 5.02 Å². The van der Waals surface area contributed by atoms with E-state index >= 15 is 0 Å². The van der Waals surface area contributed by atoms with Crippen LogP contribution in [-0.4, -0.2) is 52.2 Å². The van der Waals surface area contributed by atoms with Gasteiger partial charge in [0.25, 0.3) is 0 Å². The summed E-state index contributed by atoms with van der Waals surface area (Å²) in [5, 5.41) is 15.0. The Kier molecular flexibility index (Phi) is 5.79. The molecule has 0 atom stereocenters. The molecule has 1 heterocycles. The summed E-state index contributed by atoms with van der Waals surface area (Å²) in [6.07, 6.45) is 4.58. The number of pyridine rings is 1. The smallest absolute Gasteiger partial charge is 0.319 e. The molecule has 7 nitrogen and oxygen atoms in total. The number of urea groups is 1. The Hall–Kier alpha value is -1.86. The van der Waals surface area contributed by atoms with Gasteiger partial charge in [-0.05, 0) is 31.9 Å². The SMILES string of the molecule is CCN(CC(=O)O)C1CC(NC(=O)Nc2cncc(Cl)c2C)C1. The Labute approximate surface area is 140 Å². The second-order valence-electron chi connectivity index (χ2n) is 5.67. The molecule has 3 N–H and O–H groups in total. The second kappa shape index (κ2) is 7.61. The Morgan fingerprint density at radius 3 is 2.74 bits per heavy atom. The number of carboxylic acids is 1. The van der Waals surface area contributed by atoms with E-state index in [4.69, 9.17) is 16.7 Å². The van der Waals surface area contributed by atoms with Crippen LogP contribution in [0.15, 0.2) is 12.4 Å². The highest BCUT2D eigenvalue weighted by atomic mass is 35.5. The minimum atomic E-state index is -0.829. The molecular formula is C15H21ClN4O3. The van der Waals surface area contributed by atoms with Crippen LogP contribution in [0.25, 0.3) is 0 Å². The van der Waals surface area contributed by atoms with E-state index in [2.05, 4.69) is 15.6 Å². The summed E-state index contributed by atoms with van der Waals surface area (Å²) in [5.74, 6) is -0.829. The third-order valence-corrected chi connectivity index (χ3v) is 4.49. The number of aromatic nitrogens is 1. The van der Waals surface area contributed by atoms with Gasteiger partial charge in [0.15, 0.2) is 0 Å². The number of nitrogens with zero attached hydrogens (tertiary/aromatic N) is 2. The lowest BCUT2D eigenvalue weighted by molar-refractivity contribution is -0.139. The summed E-state index contributed by atoms with van der Waals surface area (Å²) in [5.41, 5.74) is 1.34. The van der Waals surface area contributed by atoms with Crippen LogP contribution in [0.3, 0.4) is 0 Å². The number of hydrogen-bond acceptors (Lipinski definition) is 4. The highest BCUT2D eigenvalue weighted by Gasteiger charge is 2.34. The molecule has 0 spiro atoms. The molecule has 0 unspecified atom stereocenters. The van der Waals surface area contributed by atoms with Crippen molar-refractivity contribution >= 4 is 29.3 Å². The van der Waals surface area contributed by atoms with Gasteiger partial charge in [-0.1, -0.05) is 18.5 Å². The fraction of sp³-hybridized carbons (Fsp3) is 0.533. The van der Waals surface area contributed by atoms with Gasteiger partial charge in [0, 0.05) is 18.3 Å². The van der Waals surface area contributed by atoms with Crippen molar-refractivity contribution < 1.29 is 14.7 Å². The molecule has 0 bridgehead atoms. The fourth-order valence-corrected chi connectivity index (χ4v) is 2.80. The number of likely N-dealkylation sites (N-methyl/N-ethyl adjacent to an activating group) is 1. The number of aliphatic carboxylic acids is 1. The number of halogens is 1. The van der Waals surface area contributed by atoms with Crippen LogP contribution in [0.4, 0.5) is 10.5 Å². The lowest BCUT2D eigenvalue weighted by Gasteiger charge is -2.42. The zero-order valence-electron chi connectivity index (χ0n) is 13.2. The Balaban J connectivity index is 1.80. The number of carbonyl (C=O) groups excluding carboxylic acids is 1. The Morgan fingerprint density at radius 2 is 2.13 bits per heavy atom. The van der Waals surface area contributed by atoms with Crippen molar-refractivity contribution in [3.63, 3.8) is 0 Å². The number of hydrogen-bond donors (Lipinski definition) is 3. The first-order chi connectivity index (χ1) is 10.9. The van der Waals surface area contributed by atoms with Gasteiger partial charge in [-0.25, -0.2) is 4.79 Å². The Bertz CT molecular complexity index is 590. The molecule has 1 aliphatic rings. The van der Waals surface area contributed by atoms with Crippen LogP contribution in [0.5, 0.6) is 0 Å². The van der Waals surface area contributed by atoms with E-state index in [1.165, 1.54) is 6.20 Å². The number of carboxylic acid groups (broad SMARTS) is 1. The lowest BCUT2D eigenvalue weighted by Crippen LogP contribution is -2.55.